The summed E-state index contributed by atoms with van der Waals surface area (Å²) in [6.45, 7) is 5.65. The maximum atomic E-state index is 11.2. The van der Waals surface area contributed by atoms with Crippen molar-refractivity contribution in [2.45, 2.75) is 19.3 Å². The summed E-state index contributed by atoms with van der Waals surface area (Å²) in [4.78, 5) is 21.8. The van der Waals surface area contributed by atoms with Crippen molar-refractivity contribution in [1.82, 2.24) is 0 Å². The number of benzene rings is 1. The smallest absolute Gasteiger partial charge is 0.335 e. The monoisotopic (exact) mass is 248 g/mol. The van der Waals surface area contributed by atoms with Gasteiger partial charge < -0.3 is 9.84 Å². The summed E-state index contributed by atoms with van der Waals surface area (Å²) in [7, 11) is 0. The van der Waals surface area contributed by atoms with Gasteiger partial charge in [0.05, 0.1) is 18.6 Å². The van der Waals surface area contributed by atoms with Gasteiger partial charge in [-0.3, -0.25) is 4.79 Å². The average molecular weight is 248 g/mol. The quantitative estimate of drug-likeness (QED) is 0.621. The first-order chi connectivity index (χ1) is 8.54. The Morgan fingerprint density at radius 2 is 2.00 bits per heavy atom. The van der Waals surface area contributed by atoms with Crippen molar-refractivity contribution in [2.24, 2.45) is 0 Å². The molecule has 1 unspecified atom stereocenters. The summed E-state index contributed by atoms with van der Waals surface area (Å²) >= 11 is 0. The zero-order valence-electron chi connectivity index (χ0n) is 10.3. The van der Waals surface area contributed by atoms with Gasteiger partial charge in [0.25, 0.3) is 0 Å². The first-order valence-electron chi connectivity index (χ1n) is 5.64. The highest BCUT2D eigenvalue weighted by atomic mass is 16.5. The van der Waals surface area contributed by atoms with E-state index in [-0.39, 0.29) is 30.5 Å². The molecule has 0 fully saturated rings. The molecule has 0 spiro atoms. The Bertz CT molecular complexity index is 434. The molecule has 96 valence electrons. The van der Waals surface area contributed by atoms with Crippen LogP contribution >= 0.6 is 0 Å². The van der Waals surface area contributed by atoms with Gasteiger partial charge in [-0.15, -0.1) is 6.58 Å². The summed E-state index contributed by atoms with van der Waals surface area (Å²) in [5.41, 5.74) is 1.18. The highest BCUT2D eigenvalue weighted by Crippen LogP contribution is 2.16. The minimum atomic E-state index is -0.952. The predicted molar refractivity (Wildman–Crippen MR) is 67.6 cm³/mol. The fraction of sp³-hybridized carbons (Fsp3) is 0.286. The van der Waals surface area contributed by atoms with E-state index < -0.39 is 5.97 Å². The van der Waals surface area contributed by atoms with E-state index in [1.807, 2.05) is 6.92 Å². The third-order valence-corrected chi connectivity index (χ3v) is 2.53. The second kappa shape index (κ2) is 6.59. The fourth-order valence-corrected chi connectivity index (χ4v) is 1.45. The normalized spacial score (nSPS) is 11.6. The van der Waals surface area contributed by atoms with E-state index in [2.05, 4.69) is 6.58 Å². The van der Waals surface area contributed by atoms with Crippen molar-refractivity contribution in [3.63, 3.8) is 0 Å². The van der Waals surface area contributed by atoms with Crippen LogP contribution in [0.4, 0.5) is 0 Å². The summed E-state index contributed by atoms with van der Waals surface area (Å²) in [6.07, 6.45) is 1.69. The van der Waals surface area contributed by atoms with Gasteiger partial charge in [-0.05, 0) is 17.7 Å². The Morgan fingerprint density at radius 1 is 1.39 bits per heavy atom. The summed E-state index contributed by atoms with van der Waals surface area (Å²) < 4.78 is 5.05. The molecule has 0 aliphatic carbocycles. The van der Waals surface area contributed by atoms with Crippen LogP contribution < -0.4 is 0 Å². The lowest BCUT2D eigenvalue weighted by Crippen LogP contribution is -2.10. The molecule has 4 heteroatoms. The largest absolute Gasteiger partial charge is 0.478 e. The molecule has 4 nitrogen and oxygen atoms in total. The molecule has 0 aliphatic heterocycles. The molecule has 1 atom stereocenters. The lowest BCUT2D eigenvalue weighted by molar-refractivity contribution is -0.143. The van der Waals surface area contributed by atoms with E-state index in [9.17, 15) is 9.59 Å². The van der Waals surface area contributed by atoms with Crippen LogP contribution in [0, 0.1) is 0 Å². The highest BCUT2D eigenvalue weighted by Gasteiger charge is 2.10. The Kier molecular flexibility index (Phi) is 5.11. The molecule has 0 aliphatic rings. The lowest BCUT2D eigenvalue weighted by atomic mass is 10.0. The third kappa shape index (κ3) is 4.05. The molecule has 1 aromatic carbocycles. The number of esters is 1. The van der Waals surface area contributed by atoms with E-state index >= 15 is 0 Å². The molecular formula is C14H16O4. The lowest BCUT2D eigenvalue weighted by Gasteiger charge is -2.12. The Morgan fingerprint density at radius 3 is 2.50 bits per heavy atom. The SMILES string of the molecule is C=CCC(=O)OCC(C)c1ccc(C(=O)O)cc1. The van der Waals surface area contributed by atoms with Gasteiger partial charge in [0.2, 0.25) is 0 Å². The molecule has 0 heterocycles. The molecule has 0 aromatic heterocycles. The molecule has 1 N–H and O–H groups in total. The minimum Gasteiger partial charge on any atom is -0.478 e. The van der Waals surface area contributed by atoms with E-state index in [0.29, 0.717) is 0 Å². The van der Waals surface area contributed by atoms with Gasteiger partial charge in [-0.25, -0.2) is 4.79 Å². The number of hydrogen-bond donors (Lipinski definition) is 1. The molecule has 18 heavy (non-hydrogen) atoms. The zero-order valence-corrected chi connectivity index (χ0v) is 10.3. The van der Waals surface area contributed by atoms with Crippen LogP contribution in [0.2, 0.25) is 0 Å². The van der Waals surface area contributed by atoms with Gasteiger partial charge in [0, 0.05) is 5.92 Å². The zero-order chi connectivity index (χ0) is 13.5. The topological polar surface area (TPSA) is 63.6 Å². The van der Waals surface area contributed by atoms with Crippen LogP contribution in [-0.2, 0) is 9.53 Å². The molecule has 0 amide bonds. The summed E-state index contributed by atoms with van der Waals surface area (Å²) in [5, 5.41) is 8.77. The predicted octanol–water partition coefficient (Wildman–Crippen LogP) is 2.61. The fourth-order valence-electron chi connectivity index (χ4n) is 1.45. The van der Waals surface area contributed by atoms with Crippen molar-refractivity contribution in [1.29, 1.82) is 0 Å². The van der Waals surface area contributed by atoms with Crippen LogP contribution in [0.15, 0.2) is 36.9 Å². The molecule has 1 rings (SSSR count). The number of ether oxygens (including phenoxy) is 1. The first-order valence-corrected chi connectivity index (χ1v) is 5.64. The number of rotatable bonds is 6. The second-order valence-electron chi connectivity index (χ2n) is 4.00. The van der Waals surface area contributed by atoms with Crippen LogP contribution in [0.5, 0.6) is 0 Å². The highest BCUT2D eigenvalue weighted by molar-refractivity contribution is 5.87. The maximum absolute atomic E-state index is 11.2. The van der Waals surface area contributed by atoms with Gasteiger partial charge in [0.15, 0.2) is 0 Å². The molecular weight excluding hydrogens is 232 g/mol. The Balaban J connectivity index is 2.56. The second-order valence-corrected chi connectivity index (χ2v) is 4.00. The van der Waals surface area contributed by atoms with Gasteiger partial charge >= 0.3 is 11.9 Å². The van der Waals surface area contributed by atoms with E-state index in [1.54, 1.807) is 24.3 Å². The first kappa shape index (κ1) is 14.0. The van der Waals surface area contributed by atoms with Crippen molar-refractivity contribution in [2.75, 3.05) is 6.61 Å². The van der Waals surface area contributed by atoms with E-state index in [0.717, 1.165) is 5.56 Å². The van der Waals surface area contributed by atoms with Crippen LogP contribution in [0.1, 0.15) is 35.2 Å². The summed E-state index contributed by atoms with van der Waals surface area (Å²) in [6, 6.07) is 6.55. The van der Waals surface area contributed by atoms with Crippen molar-refractivity contribution < 1.29 is 19.4 Å². The number of carboxylic acid groups (broad SMARTS) is 1. The molecule has 1 aromatic rings. The Labute approximate surface area is 106 Å². The molecule has 0 saturated carbocycles. The molecule has 0 saturated heterocycles. The standard InChI is InChI=1S/C14H16O4/c1-3-4-13(15)18-9-10(2)11-5-7-12(8-6-11)14(16)17/h3,5-8,10H,1,4,9H2,2H3,(H,16,17). The third-order valence-electron chi connectivity index (χ3n) is 2.53. The summed E-state index contributed by atoms with van der Waals surface area (Å²) in [5.74, 6) is -1.23. The van der Waals surface area contributed by atoms with E-state index in [4.69, 9.17) is 9.84 Å². The van der Waals surface area contributed by atoms with Gasteiger partial charge in [0.1, 0.15) is 0 Å². The van der Waals surface area contributed by atoms with Crippen molar-refractivity contribution in [3.8, 4) is 0 Å². The average Bonchev–Trinajstić information content (AvgIpc) is 2.36. The molecule has 0 radical (unpaired) electrons. The van der Waals surface area contributed by atoms with Crippen molar-refractivity contribution >= 4 is 11.9 Å². The number of carbonyl (C=O) groups excluding carboxylic acids is 1. The van der Waals surface area contributed by atoms with Crippen LogP contribution in [-0.4, -0.2) is 23.7 Å². The molecule has 0 bridgehead atoms. The maximum Gasteiger partial charge on any atom is 0.335 e. The number of carbonyl (C=O) groups is 2. The van der Waals surface area contributed by atoms with Crippen molar-refractivity contribution in [3.05, 3.63) is 48.0 Å². The van der Waals surface area contributed by atoms with E-state index in [1.165, 1.54) is 6.08 Å². The van der Waals surface area contributed by atoms with Crippen LogP contribution in [0.25, 0.3) is 0 Å². The van der Waals surface area contributed by atoms with Crippen LogP contribution in [0.3, 0.4) is 0 Å². The van der Waals surface area contributed by atoms with Gasteiger partial charge in [-0.1, -0.05) is 25.1 Å². The number of carboxylic acids is 1. The minimum absolute atomic E-state index is 0.0293. The number of hydrogen-bond acceptors (Lipinski definition) is 3. The number of aromatic carboxylic acids is 1. The van der Waals surface area contributed by atoms with Gasteiger partial charge in [-0.2, -0.15) is 0 Å². The Hall–Kier alpha value is -2.10.